The van der Waals surface area contributed by atoms with Crippen molar-refractivity contribution in [3.63, 3.8) is 0 Å². The first kappa shape index (κ1) is 22.5. The average Bonchev–Trinajstić information content (AvgIpc) is 3.40. The van der Waals surface area contributed by atoms with Crippen molar-refractivity contribution < 1.29 is 22.6 Å². The molecule has 6 rings (SSSR count). The molecule has 0 amide bonds. The third-order valence-electron chi connectivity index (χ3n) is 7.82. The van der Waals surface area contributed by atoms with E-state index in [9.17, 15) is 13.2 Å². The lowest BCUT2D eigenvalue weighted by Crippen LogP contribution is -2.52. The average molecular weight is 466 g/mol. The van der Waals surface area contributed by atoms with Gasteiger partial charge >= 0.3 is 6.36 Å². The molecule has 0 radical (unpaired) electrons. The number of halogens is 3. The van der Waals surface area contributed by atoms with Gasteiger partial charge in [-0.15, -0.1) is 13.2 Å². The molecule has 3 aliphatic carbocycles. The first-order valence-corrected chi connectivity index (χ1v) is 11.6. The number of alkyl halides is 3. The molecule has 2 aromatic rings. The van der Waals surface area contributed by atoms with Crippen LogP contribution in [0.3, 0.4) is 0 Å². The molecular weight excluding hydrogens is 435 g/mol. The summed E-state index contributed by atoms with van der Waals surface area (Å²) in [6, 6.07) is 4.50. The SMILES string of the molecule is CCC(C)n1nc(-c2cnc(N)c(OC(F)(F)F)c2)cc1[C@@H]1C2C[C@H]1CC2N(C)C1COC1. The van der Waals surface area contributed by atoms with Crippen LogP contribution < -0.4 is 10.5 Å². The summed E-state index contributed by atoms with van der Waals surface area (Å²) in [6.07, 6.45) is -0.111. The number of nitrogens with two attached hydrogens (primary N) is 1. The highest BCUT2D eigenvalue weighted by atomic mass is 19.4. The highest BCUT2D eigenvalue weighted by molar-refractivity contribution is 5.64. The third-order valence-corrected chi connectivity index (χ3v) is 7.82. The topological polar surface area (TPSA) is 78.4 Å². The van der Waals surface area contributed by atoms with Crippen molar-refractivity contribution in [2.75, 3.05) is 26.0 Å². The minimum Gasteiger partial charge on any atom is -0.402 e. The van der Waals surface area contributed by atoms with Gasteiger partial charge in [0.05, 0.1) is 24.9 Å². The molecule has 2 aromatic heterocycles. The highest BCUT2D eigenvalue weighted by Crippen LogP contribution is 2.60. The van der Waals surface area contributed by atoms with Crippen LogP contribution in [0.25, 0.3) is 11.3 Å². The van der Waals surface area contributed by atoms with Crippen molar-refractivity contribution in [1.82, 2.24) is 19.7 Å². The van der Waals surface area contributed by atoms with Crippen molar-refractivity contribution in [3.8, 4) is 17.0 Å². The highest BCUT2D eigenvalue weighted by Gasteiger charge is 2.56. The van der Waals surface area contributed by atoms with Gasteiger partial charge in [-0.05, 0) is 57.2 Å². The maximum atomic E-state index is 12.8. The fourth-order valence-corrected chi connectivity index (χ4v) is 5.71. The second-order valence-electron chi connectivity index (χ2n) is 9.66. The molecule has 0 spiro atoms. The van der Waals surface area contributed by atoms with Crippen LogP contribution in [0.5, 0.6) is 5.75 Å². The van der Waals surface area contributed by atoms with Crippen LogP contribution in [0.4, 0.5) is 19.0 Å². The Kier molecular flexibility index (Phi) is 5.55. The second-order valence-corrected chi connectivity index (χ2v) is 9.66. The van der Waals surface area contributed by atoms with E-state index in [1.807, 2.05) is 6.07 Å². The number of likely N-dealkylation sites (N-methyl/N-ethyl adjacent to an activating group) is 1. The van der Waals surface area contributed by atoms with Gasteiger partial charge in [0.1, 0.15) is 0 Å². The molecule has 4 aliphatic rings. The Balaban J connectivity index is 1.46. The van der Waals surface area contributed by atoms with Crippen molar-refractivity contribution in [1.29, 1.82) is 0 Å². The van der Waals surface area contributed by atoms with E-state index in [4.69, 9.17) is 15.6 Å². The minimum atomic E-state index is -4.84. The van der Waals surface area contributed by atoms with E-state index in [2.05, 4.69) is 40.2 Å². The number of fused-ring (bicyclic) bond motifs is 1. The second kappa shape index (κ2) is 8.16. The van der Waals surface area contributed by atoms with Gasteiger partial charge in [0, 0.05) is 35.5 Å². The van der Waals surface area contributed by atoms with Gasteiger partial charge in [-0.1, -0.05) is 6.92 Å². The summed E-state index contributed by atoms with van der Waals surface area (Å²) in [7, 11) is 2.20. The molecule has 0 aromatic carbocycles. The number of nitrogens with zero attached hydrogens (tertiary/aromatic N) is 4. The predicted molar refractivity (Wildman–Crippen MR) is 117 cm³/mol. The molecule has 1 saturated heterocycles. The maximum Gasteiger partial charge on any atom is 0.573 e. The van der Waals surface area contributed by atoms with Gasteiger partial charge in [0.2, 0.25) is 0 Å². The number of hydrogen-bond acceptors (Lipinski definition) is 6. The van der Waals surface area contributed by atoms with Crippen molar-refractivity contribution in [2.24, 2.45) is 11.8 Å². The van der Waals surface area contributed by atoms with Gasteiger partial charge in [-0.25, -0.2) is 4.98 Å². The summed E-state index contributed by atoms with van der Waals surface area (Å²) in [5.74, 6) is 0.751. The number of anilines is 1. The Morgan fingerprint density at radius 3 is 2.70 bits per heavy atom. The molecule has 10 heteroatoms. The van der Waals surface area contributed by atoms with Gasteiger partial charge < -0.3 is 15.2 Å². The van der Waals surface area contributed by atoms with Gasteiger partial charge in [0.25, 0.3) is 0 Å². The largest absolute Gasteiger partial charge is 0.573 e. The molecule has 7 nitrogen and oxygen atoms in total. The smallest absolute Gasteiger partial charge is 0.402 e. The van der Waals surface area contributed by atoms with E-state index >= 15 is 0 Å². The van der Waals surface area contributed by atoms with Gasteiger partial charge in [-0.3, -0.25) is 9.58 Å². The molecule has 5 atom stereocenters. The standard InChI is InChI=1S/C23H30F3N5O2/c1-4-12(2)31-19(21-13-5-16(21)18(6-13)30(3)15-10-32-11-15)8-17(29-31)14-7-20(22(27)28-9-14)33-23(24,25)26/h7-9,12-13,15-16,18,21H,4-6,10-11H2,1-3H3,(H2,27,28)/t12?,13-,16?,18?,21-/m0/s1. The van der Waals surface area contributed by atoms with Crippen LogP contribution in [0.1, 0.15) is 50.8 Å². The van der Waals surface area contributed by atoms with Crippen LogP contribution in [0.2, 0.25) is 0 Å². The molecule has 3 saturated carbocycles. The number of pyridine rings is 1. The van der Waals surface area contributed by atoms with Crippen LogP contribution in [-0.2, 0) is 4.74 Å². The fourth-order valence-electron chi connectivity index (χ4n) is 5.71. The lowest BCUT2D eigenvalue weighted by Gasteiger charge is -2.43. The summed E-state index contributed by atoms with van der Waals surface area (Å²) in [5, 5.41) is 4.82. The Morgan fingerprint density at radius 2 is 2.06 bits per heavy atom. The van der Waals surface area contributed by atoms with E-state index < -0.39 is 12.1 Å². The molecule has 2 N–H and O–H groups in total. The number of ether oxygens (including phenoxy) is 2. The Labute approximate surface area is 191 Å². The quantitative estimate of drug-likeness (QED) is 0.660. The molecule has 1 aliphatic heterocycles. The summed E-state index contributed by atoms with van der Waals surface area (Å²) in [4.78, 5) is 6.41. The Bertz CT molecular complexity index is 1020. The number of nitrogen functional groups attached to an aromatic ring is 1. The molecule has 3 heterocycles. The molecule has 180 valence electrons. The number of rotatable bonds is 7. The number of hydrogen-bond donors (Lipinski definition) is 1. The van der Waals surface area contributed by atoms with Crippen LogP contribution in [0.15, 0.2) is 18.3 Å². The van der Waals surface area contributed by atoms with Crippen LogP contribution >= 0.6 is 0 Å². The molecule has 33 heavy (non-hydrogen) atoms. The van der Waals surface area contributed by atoms with Crippen LogP contribution in [-0.4, -0.2) is 58.4 Å². The van der Waals surface area contributed by atoms with Crippen molar-refractivity contribution in [2.45, 2.75) is 63.5 Å². The summed E-state index contributed by atoms with van der Waals surface area (Å²) in [5.41, 5.74) is 7.82. The monoisotopic (exact) mass is 465 g/mol. The number of aromatic nitrogens is 3. The first-order chi connectivity index (χ1) is 15.7. The molecular formula is C23H30F3N5O2. The van der Waals surface area contributed by atoms with E-state index in [0.717, 1.165) is 31.7 Å². The molecule has 2 bridgehead atoms. The van der Waals surface area contributed by atoms with Crippen molar-refractivity contribution in [3.05, 3.63) is 24.0 Å². The van der Waals surface area contributed by atoms with Crippen LogP contribution in [0, 0.1) is 11.8 Å². The van der Waals surface area contributed by atoms with E-state index in [1.54, 1.807) is 0 Å². The zero-order valence-corrected chi connectivity index (χ0v) is 19.0. The van der Waals surface area contributed by atoms with E-state index in [-0.39, 0.29) is 11.9 Å². The predicted octanol–water partition coefficient (Wildman–Crippen LogP) is 4.22. The van der Waals surface area contributed by atoms with Gasteiger partial charge in [0.15, 0.2) is 11.6 Å². The first-order valence-electron chi connectivity index (χ1n) is 11.6. The zero-order valence-electron chi connectivity index (χ0n) is 19.0. The van der Waals surface area contributed by atoms with Gasteiger partial charge in [-0.2, -0.15) is 5.10 Å². The minimum absolute atomic E-state index is 0.178. The Hall–Kier alpha value is -2.33. The summed E-state index contributed by atoms with van der Waals surface area (Å²) >= 11 is 0. The maximum absolute atomic E-state index is 12.8. The normalized spacial score (nSPS) is 28.0. The molecule has 3 unspecified atom stereocenters. The third kappa shape index (κ3) is 3.97. The summed E-state index contributed by atoms with van der Waals surface area (Å²) < 4.78 is 49.9. The van der Waals surface area contributed by atoms with E-state index in [1.165, 1.54) is 18.7 Å². The zero-order chi connectivity index (χ0) is 23.5. The lowest BCUT2D eigenvalue weighted by atomic mass is 9.69. The lowest BCUT2D eigenvalue weighted by molar-refractivity contribution is -0.274. The Morgan fingerprint density at radius 1 is 1.30 bits per heavy atom. The fraction of sp³-hybridized carbons (Fsp3) is 0.652. The van der Waals surface area contributed by atoms with Crippen molar-refractivity contribution >= 4 is 5.82 Å². The summed E-state index contributed by atoms with van der Waals surface area (Å²) in [6.45, 7) is 5.83. The van der Waals surface area contributed by atoms with E-state index in [0.29, 0.717) is 41.1 Å². The molecule has 4 fully saturated rings.